The van der Waals surface area contributed by atoms with Crippen molar-refractivity contribution >= 4 is 38.9 Å². The van der Waals surface area contributed by atoms with Gasteiger partial charge >= 0.3 is 5.97 Å². The van der Waals surface area contributed by atoms with Crippen LogP contribution in [0.2, 0.25) is 0 Å². The Morgan fingerprint density at radius 1 is 1.27 bits per heavy atom. The van der Waals surface area contributed by atoms with Gasteiger partial charge in [0.15, 0.2) is 11.9 Å². The normalized spacial score (nSPS) is 12.4. The number of halogens is 1. The Morgan fingerprint density at radius 3 is 2.81 bits per heavy atom. The second-order valence-corrected chi connectivity index (χ2v) is 6.76. The number of rotatable bonds is 4. The van der Waals surface area contributed by atoms with E-state index in [0.29, 0.717) is 16.7 Å². The first-order valence-corrected chi connectivity index (χ1v) is 8.87. The molecule has 0 unspecified atom stereocenters. The van der Waals surface area contributed by atoms with Crippen LogP contribution in [0.5, 0.6) is 0 Å². The Balaban J connectivity index is 1.75. The Hall–Kier alpha value is -2.73. The van der Waals surface area contributed by atoms with Crippen molar-refractivity contribution < 1.29 is 9.53 Å². The quantitative estimate of drug-likeness (QED) is 0.511. The minimum absolute atomic E-state index is 0.257. The molecule has 3 aromatic rings. The molecular weight excluding hydrogens is 396 g/mol. The fourth-order valence-electron chi connectivity index (χ4n) is 2.49. The highest BCUT2D eigenvalue weighted by molar-refractivity contribution is 9.10. The highest BCUT2D eigenvalue weighted by atomic mass is 79.9. The van der Waals surface area contributed by atoms with Gasteiger partial charge in [0.25, 0.3) is 5.56 Å². The van der Waals surface area contributed by atoms with E-state index < -0.39 is 12.1 Å². The lowest BCUT2D eigenvalue weighted by Crippen LogP contribution is -2.16. The lowest BCUT2D eigenvalue weighted by molar-refractivity contribution is -0.142. The minimum Gasteiger partial charge on any atom is -0.451 e. The van der Waals surface area contributed by atoms with Crippen molar-refractivity contribution in [3.63, 3.8) is 0 Å². The third-order valence-electron chi connectivity index (χ3n) is 3.86. The summed E-state index contributed by atoms with van der Waals surface area (Å²) in [7, 11) is 0. The number of nitrogens with one attached hydrogen (secondary N) is 1. The molecule has 6 heteroatoms. The second kappa shape index (κ2) is 7.66. The summed E-state index contributed by atoms with van der Waals surface area (Å²) >= 11 is 3.46. The number of carbonyl (C=O) groups is 1. The molecule has 2 aromatic carbocycles. The molecule has 0 saturated heterocycles. The molecule has 0 radical (unpaired) electrons. The fraction of sp³-hybridized carbons (Fsp3) is 0.150. The van der Waals surface area contributed by atoms with Gasteiger partial charge in [0.1, 0.15) is 0 Å². The monoisotopic (exact) mass is 412 g/mol. The number of hydrogen-bond donors (Lipinski definition) is 1. The van der Waals surface area contributed by atoms with E-state index in [0.717, 1.165) is 15.6 Å². The van der Waals surface area contributed by atoms with Crippen LogP contribution in [0.4, 0.5) is 0 Å². The third kappa shape index (κ3) is 4.08. The first kappa shape index (κ1) is 18.1. The number of esters is 1. The van der Waals surface area contributed by atoms with Gasteiger partial charge in [-0.2, -0.15) is 0 Å². The van der Waals surface area contributed by atoms with Crippen LogP contribution < -0.4 is 5.56 Å². The minimum atomic E-state index is -0.675. The van der Waals surface area contributed by atoms with Crippen LogP contribution in [0.25, 0.3) is 17.0 Å². The van der Waals surface area contributed by atoms with E-state index in [1.54, 1.807) is 37.3 Å². The molecule has 0 amide bonds. The van der Waals surface area contributed by atoms with Crippen molar-refractivity contribution in [1.29, 1.82) is 0 Å². The average Bonchev–Trinajstić information content (AvgIpc) is 2.61. The van der Waals surface area contributed by atoms with Gasteiger partial charge in [0.2, 0.25) is 0 Å². The first-order valence-electron chi connectivity index (χ1n) is 8.08. The maximum absolute atomic E-state index is 12.1. The number of para-hydroxylation sites is 1. The SMILES string of the molecule is Cc1ccc(/C=C/C(=O)O[C@H](C)c2nc3ccccc3c(=O)[nH]2)c(Br)c1. The molecule has 0 fully saturated rings. The van der Waals surface area contributed by atoms with Crippen molar-refractivity contribution in [3.05, 3.63) is 80.3 Å². The number of H-pyrrole nitrogens is 1. The molecule has 1 heterocycles. The summed E-state index contributed by atoms with van der Waals surface area (Å²) in [5.74, 6) is -0.201. The van der Waals surface area contributed by atoms with Crippen molar-refractivity contribution in [2.24, 2.45) is 0 Å². The number of aryl methyl sites for hydroxylation is 1. The standard InChI is InChI=1S/C20H17BrN2O3/c1-12-7-8-14(16(21)11-12)9-10-18(24)26-13(2)19-22-17-6-4-3-5-15(17)20(25)23-19/h3-11,13H,1-2H3,(H,22,23,25)/b10-9+/t13-/m1/s1. The largest absolute Gasteiger partial charge is 0.451 e. The number of carbonyl (C=O) groups excluding carboxylic acids is 1. The Morgan fingerprint density at radius 2 is 2.04 bits per heavy atom. The number of nitrogens with zero attached hydrogens (tertiary/aromatic N) is 1. The van der Waals surface area contributed by atoms with Crippen LogP contribution in [0.1, 0.15) is 30.0 Å². The Labute approximate surface area is 158 Å². The van der Waals surface area contributed by atoms with Crippen molar-refractivity contribution in [1.82, 2.24) is 9.97 Å². The molecule has 1 atom stereocenters. The van der Waals surface area contributed by atoms with Gasteiger partial charge in [-0.3, -0.25) is 4.79 Å². The van der Waals surface area contributed by atoms with E-state index in [-0.39, 0.29) is 5.56 Å². The van der Waals surface area contributed by atoms with Crippen LogP contribution in [-0.2, 0) is 9.53 Å². The summed E-state index contributed by atoms with van der Waals surface area (Å²) in [6, 6.07) is 12.9. The third-order valence-corrected chi connectivity index (χ3v) is 4.55. The van der Waals surface area contributed by atoms with E-state index in [1.165, 1.54) is 6.08 Å². The predicted octanol–water partition coefficient (Wildman–Crippen LogP) is 4.31. The average molecular weight is 413 g/mol. The van der Waals surface area contributed by atoms with E-state index in [2.05, 4.69) is 25.9 Å². The van der Waals surface area contributed by atoms with Crippen LogP contribution in [-0.4, -0.2) is 15.9 Å². The van der Waals surface area contributed by atoms with E-state index in [9.17, 15) is 9.59 Å². The molecule has 0 aliphatic carbocycles. The lowest BCUT2D eigenvalue weighted by Gasteiger charge is -2.11. The number of aromatic nitrogens is 2. The highest BCUT2D eigenvalue weighted by Gasteiger charge is 2.14. The molecule has 0 spiro atoms. The molecule has 3 rings (SSSR count). The van der Waals surface area contributed by atoms with Crippen LogP contribution in [0.3, 0.4) is 0 Å². The van der Waals surface area contributed by atoms with Gasteiger partial charge in [0, 0.05) is 10.5 Å². The number of hydrogen-bond acceptors (Lipinski definition) is 4. The molecule has 0 bridgehead atoms. The maximum Gasteiger partial charge on any atom is 0.331 e. The van der Waals surface area contributed by atoms with Crippen LogP contribution in [0.15, 0.2) is 57.8 Å². The Kier molecular flexibility index (Phi) is 5.32. The zero-order chi connectivity index (χ0) is 18.7. The predicted molar refractivity (Wildman–Crippen MR) is 105 cm³/mol. The molecule has 1 aromatic heterocycles. The number of fused-ring (bicyclic) bond motifs is 1. The molecule has 0 saturated carbocycles. The zero-order valence-electron chi connectivity index (χ0n) is 14.3. The molecule has 132 valence electrons. The van der Waals surface area contributed by atoms with Crippen LogP contribution >= 0.6 is 15.9 Å². The fourth-order valence-corrected chi connectivity index (χ4v) is 3.12. The summed E-state index contributed by atoms with van der Waals surface area (Å²) in [5, 5.41) is 0.499. The summed E-state index contributed by atoms with van der Waals surface area (Å²) < 4.78 is 6.25. The number of aromatic amines is 1. The van der Waals surface area contributed by atoms with E-state index in [4.69, 9.17) is 4.74 Å². The Bertz CT molecular complexity index is 1060. The van der Waals surface area contributed by atoms with Crippen LogP contribution in [0, 0.1) is 6.92 Å². The zero-order valence-corrected chi connectivity index (χ0v) is 15.9. The molecular formula is C20H17BrN2O3. The van der Waals surface area contributed by atoms with Crippen molar-refractivity contribution in [3.8, 4) is 0 Å². The summed E-state index contributed by atoms with van der Waals surface area (Å²) in [6.07, 6.45) is 2.35. The molecule has 26 heavy (non-hydrogen) atoms. The summed E-state index contributed by atoms with van der Waals surface area (Å²) in [6.45, 7) is 3.66. The molecule has 0 aliphatic rings. The van der Waals surface area contributed by atoms with Crippen molar-refractivity contribution in [2.75, 3.05) is 0 Å². The van der Waals surface area contributed by atoms with Gasteiger partial charge in [-0.25, -0.2) is 9.78 Å². The van der Waals surface area contributed by atoms with Gasteiger partial charge in [-0.1, -0.05) is 40.2 Å². The van der Waals surface area contributed by atoms with Gasteiger partial charge < -0.3 is 9.72 Å². The molecule has 5 nitrogen and oxygen atoms in total. The first-order chi connectivity index (χ1) is 12.4. The van der Waals surface area contributed by atoms with Gasteiger partial charge in [-0.05, 0) is 49.2 Å². The van der Waals surface area contributed by atoms with Gasteiger partial charge in [0.05, 0.1) is 10.9 Å². The molecule has 0 aliphatic heterocycles. The highest BCUT2D eigenvalue weighted by Crippen LogP contribution is 2.20. The lowest BCUT2D eigenvalue weighted by atomic mass is 10.1. The summed E-state index contributed by atoms with van der Waals surface area (Å²) in [5.41, 5.74) is 2.30. The van der Waals surface area contributed by atoms with Gasteiger partial charge in [-0.15, -0.1) is 0 Å². The molecule has 1 N–H and O–H groups in total. The van der Waals surface area contributed by atoms with Crippen molar-refractivity contribution in [2.45, 2.75) is 20.0 Å². The van der Waals surface area contributed by atoms with E-state index >= 15 is 0 Å². The number of ether oxygens (including phenoxy) is 1. The van der Waals surface area contributed by atoms with E-state index in [1.807, 2.05) is 25.1 Å². The maximum atomic E-state index is 12.1. The number of benzene rings is 2. The second-order valence-electron chi connectivity index (χ2n) is 5.91. The smallest absolute Gasteiger partial charge is 0.331 e. The summed E-state index contributed by atoms with van der Waals surface area (Å²) in [4.78, 5) is 31.2. The topological polar surface area (TPSA) is 72.0 Å².